The standard InChI is InChI=1S/C24H23N5O3/c1-16-26-27-24(32-16)21-15-22(17-10-11-17)29(28-21)19-7-5-6-18(14-19)23(30)25-12-13-31-20-8-3-2-4-9-20/h2-9,14-15,17H,10-13H2,1H3,(H,25,30). The molecule has 162 valence electrons. The lowest BCUT2D eigenvalue weighted by atomic mass is 10.1. The summed E-state index contributed by atoms with van der Waals surface area (Å²) in [5, 5.41) is 15.6. The SMILES string of the molecule is Cc1nnc(-c2cc(C3CC3)n(-c3cccc(C(=O)NCCOc4ccccc4)c3)n2)o1. The number of amides is 1. The first-order valence-corrected chi connectivity index (χ1v) is 10.6. The van der Waals surface area contributed by atoms with Crippen molar-refractivity contribution >= 4 is 5.91 Å². The van der Waals surface area contributed by atoms with E-state index in [1.165, 1.54) is 0 Å². The fourth-order valence-electron chi connectivity index (χ4n) is 3.51. The van der Waals surface area contributed by atoms with Crippen LogP contribution in [0.3, 0.4) is 0 Å². The van der Waals surface area contributed by atoms with Gasteiger partial charge in [0.25, 0.3) is 11.8 Å². The first-order chi connectivity index (χ1) is 15.7. The Hall–Kier alpha value is -3.94. The van der Waals surface area contributed by atoms with E-state index in [1.54, 1.807) is 13.0 Å². The summed E-state index contributed by atoms with van der Waals surface area (Å²) < 4.78 is 13.1. The molecule has 1 amide bonds. The van der Waals surface area contributed by atoms with E-state index in [4.69, 9.17) is 14.3 Å². The summed E-state index contributed by atoms with van der Waals surface area (Å²) in [4.78, 5) is 12.7. The highest BCUT2D eigenvalue weighted by Gasteiger charge is 2.30. The molecule has 1 N–H and O–H groups in total. The van der Waals surface area contributed by atoms with Crippen molar-refractivity contribution in [3.8, 4) is 23.0 Å². The molecule has 0 unspecified atom stereocenters. The Labute approximate surface area is 185 Å². The van der Waals surface area contributed by atoms with Crippen LogP contribution in [-0.2, 0) is 0 Å². The topological polar surface area (TPSA) is 95.1 Å². The molecule has 1 aliphatic rings. The van der Waals surface area contributed by atoms with Crippen LogP contribution in [0.5, 0.6) is 5.75 Å². The van der Waals surface area contributed by atoms with Crippen molar-refractivity contribution in [3.05, 3.63) is 77.8 Å². The van der Waals surface area contributed by atoms with Gasteiger partial charge in [0.15, 0.2) is 0 Å². The number of carbonyl (C=O) groups excluding carboxylic acids is 1. The highest BCUT2D eigenvalue weighted by atomic mass is 16.5. The fraction of sp³-hybridized carbons (Fsp3) is 0.250. The smallest absolute Gasteiger partial charge is 0.268 e. The normalized spacial score (nSPS) is 13.2. The lowest BCUT2D eigenvalue weighted by Crippen LogP contribution is -2.28. The molecule has 8 nitrogen and oxygen atoms in total. The molecule has 1 saturated carbocycles. The van der Waals surface area contributed by atoms with Crippen molar-refractivity contribution in [2.75, 3.05) is 13.2 Å². The Morgan fingerprint density at radius 1 is 1.12 bits per heavy atom. The van der Waals surface area contributed by atoms with E-state index < -0.39 is 0 Å². The molecule has 8 heteroatoms. The zero-order valence-electron chi connectivity index (χ0n) is 17.7. The summed E-state index contributed by atoms with van der Waals surface area (Å²) >= 11 is 0. The molecule has 0 spiro atoms. The molecule has 2 heterocycles. The van der Waals surface area contributed by atoms with Gasteiger partial charge < -0.3 is 14.5 Å². The molecule has 0 atom stereocenters. The van der Waals surface area contributed by atoms with E-state index in [0.29, 0.717) is 42.1 Å². The molecule has 32 heavy (non-hydrogen) atoms. The molecule has 4 aromatic rings. The van der Waals surface area contributed by atoms with Crippen molar-refractivity contribution in [2.45, 2.75) is 25.7 Å². The van der Waals surface area contributed by atoms with E-state index in [0.717, 1.165) is 30.0 Å². The number of hydrogen-bond acceptors (Lipinski definition) is 6. The number of rotatable bonds is 8. The third-order valence-electron chi connectivity index (χ3n) is 5.23. The minimum atomic E-state index is -0.156. The van der Waals surface area contributed by atoms with Gasteiger partial charge in [-0.25, -0.2) is 4.68 Å². The predicted molar refractivity (Wildman–Crippen MR) is 118 cm³/mol. The van der Waals surface area contributed by atoms with Gasteiger partial charge in [0, 0.05) is 24.1 Å². The maximum atomic E-state index is 12.7. The first-order valence-electron chi connectivity index (χ1n) is 10.6. The van der Waals surface area contributed by atoms with Crippen molar-refractivity contribution in [3.63, 3.8) is 0 Å². The second-order valence-electron chi connectivity index (χ2n) is 7.73. The molecule has 1 fully saturated rings. The minimum absolute atomic E-state index is 0.156. The lowest BCUT2D eigenvalue weighted by Gasteiger charge is -2.10. The Balaban J connectivity index is 1.30. The average molecular weight is 429 g/mol. The number of ether oxygens (including phenoxy) is 1. The molecule has 1 aliphatic carbocycles. The Morgan fingerprint density at radius 3 is 2.72 bits per heavy atom. The van der Waals surface area contributed by atoms with Crippen molar-refractivity contribution in [1.29, 1.82) is 0 Å². The molecule has 2 aromatic heterocycles. The zero-order valence-corrected chi connectivity index (χ0v) is 17.7. The number of hydrogen-bond donors (Lipinski definition) is 1. The maximum absolute atomic E-state index is 12.7. The summed E-state index contributed by atoms with van der Waals surface area (Å²) in [6.07, 6.45) is 2.24. The van der Waals surface area contributed by atoms with Gasteiger partial charge in [-0.05, 0) is 49.2 Å². The van der Waals surface area contributed by atoms with Crippen LogP contribution in [0, 0.1) is 6.92 Å². The molecule has 5 rings (SSSR count). The van der Waals surface area contributed by atoms with Crippen molar-refractivity contribution in [1.82, 2.24) is 25.3 Å². The Bertz CT molecular complexity index is 1230. The summed E-state index contributed by atoms with van der Waals surface area (Å²) in [7, 11) is 0. The van der Waals surface area contributed by atoms with Crippen LogP contribution in [0.15, 0.2) is 65.1 Å². The van der Waals surface area contributed by atoms with Crippen LogP contribution in [0.4, 0.5) is 0 Å². The van der Waals surface area contributed by atoms with Gasteiger partial charge in [0.05, 0.1) is 12.2 Å². The van der Waals surface area contributed by atoms with Gasteiger partial charge in [-0.1, -0.05) is 24.3 Å². The van der Waals surface area contributed by atoms with E-state index in [2.05, 4.69) is 15.5 Å². The van der Waals surface area contributed by atoms with Crippen LogP contribution in [0.1, 0.15) is 40.7 Å². The lowest BCUT2D eigenvalue weighted by molar-refractivity contribution is 0.0947. The number of aryl methyl sites for hydroxylation is 1. The largest absolute Gasteiger partial charge is 0.492 e. The Kier molecular flexibility index (Phi) is 5.41. The number of carbonyl (C=O) groups is 1. The van der Waals surface area contributed by atoms with Gasteiger partial charge in [0.2, 0.25) is 5.89 Å². The summed E-state index contributed by atoms with van der Waals surface area (Å²) in [5.74, 6) is 1.97. The summed E-state index contributed by atoms with van der Waals surface area (Å²) in [5.41, 5.74) is 3.11. The summed E-state index contributed by atoms with van der Waals surface area (Å²) in [6.45, 7) is 2.56. The van der Waals surface area contributed by atoms with Gasteiger partial charge in [-0.15, -0.1) is 10.2 Å². The second-order valence-corrected chi connectivity index (χ2v) is 7.73. The van der Waals surface area contributed by atoms with Gasteiger partial charge in [-0.2, -0.15) is 5.10 Å². The van der Waals surface area contributed by atoms with Gasteiger partial charge >= 0.3 is 0 Å². The van der Waals surface area contributed by atoms with E-state index >= 15 is 0 Å². The molecule has 0 saturated heterocycles. The second kappa shape index (κ2) is 8.66. The third-order valence-corrected chi connectivity index (χ3v) is 5.23. The Morgan fingerprint density at radius 2 is 1.97 bits per heavy atom. The van der Waals surface area contributed by atoms with Crippen LogP contribution in [0.25, 0.3) is 17.3 Å². The highest BCUT2D eigenvalue weighted by molar-refractivity contribution is 5.94. The minimum Gasteiger partial charge on any atom is -0.492 e. The van der Waals surface area contributed by atoms with Gasteiger partial charge in [-0.3, -0.25) is 4.79 Å². The molecule has 0 aliphatic heterocycles. The number of nitrogens with zero attached hydrogens (tertiary/aromatic N) is 4. The van der Waals surface area contributed by atoms with Gasteiger partial charge in [0.1, 0.15) is 18.1 Å². The monoisotopic (exact) mass is 429 g/mol. The van der Waals surface area contributed by atoms with E-state index in [9.17, 15) is 4.79 Å². The molecular weight excluding hydrogens is 406 g/mol. The average Bonchev–Trinajstić information content (AvgIpc) is 3.42. The highest BCUT2D eigenvalue weighted by Crippen LogP contribution is 2.42. The molecule has 0 bridgehead atoms. The van der Waals surface area contributed by atoms with Crippen LogP contribution < -0.4 is 10.1 Å². The molecule has 0 radical (unpaired) electrons. The molecular formula is C24H23N5O3. The quantitative estimate of drug-likeness (QED) is 0.427. The first kappa shape index (κ1) is 20.0. The van der Waals surface area contributed by atoms with Crippen LogP contribution >= 0.6 is 0 Å². The number of nitrogens with one attached hydrogen (secondary N) is 1. The number of aromatic nitrogens is 4. The fourth-order valence-corrected chi connectivity index (χ4v) is 3.51. The van der Waals surface area contributed by atoms with Crippen molar-refractivity contribution < 1.29 is 13.9 Å². The molecule has 2 aromatic carbocycles. The number of benzene rings is 2. The predicted octanol–water partition coefficient (Wildman–Crippen LogP) is 3.92. The van der Waals surface area contributed by atoms with E-state index in [-0.39, 0.29) is 5.91 Å². The van der Waals surface area contributed by atoms with Crippen molar-refractivity contribution in [2.24, 2.45) is 0 Å². The van der Waals surface area contributed by atoms with E-state index in [1.807, 2.05) is 59.3 Å². The third kappa shape index (κ3) is 4.39. The zero-order chi connectivity index (χ0) is 21.9. The van der Waals surface area contributed by atoms with Crippen LogP contribution in [-0.4, -0.2) is 39.0 Å². The number of para-hydroxylation sites is 1. The van der Waals surface area contributed by atoms with Crippen LogP contribution in [0.2, 0.25) is 0 Å². The summed E-state index contributed by atoms with van der Waals surface area (Å²) in [6, 6.07) is 19.0. The maximum Gasteiger partial charge on any atom is 0.268 e.